The summed E-state index contributed by atoms with van der Waals surface area (Å²) in [6.07, 6.45) is 0. The lowest BCUT2D eigenvalue weighted by atomic mass is 10.00. The van der Waals surface area contributed by atoms with Crippen molar-refractivity contribution in [3.05, 3.63) is 56.0 Å². The second kappa shape index (κ2) is 5.68. The van der Waals surface area contributed by atoms with Crippen LogP contribution in [-0.2, 0) is 6.61 Å². The van der Waals surface area contributed by atoms with Crippen LogP contribution >= 0.6 is 46.4 Å². The Morgan fingerprint density at radius 1 is 0.833 bits per heavy atom. The van der Waals surface area contributed by atoms with Crippen LogP contribution in [0.25, 0.3) is 11.1 Å². The minimum Gasteiger partial charge on any atom is -0.392 e. The van der Waals surface area contributed by atoms with Gasteiger partial charge in [0.15, 0.2) is 0 Å². The molecule has 2 aromatic rings. The van der Waals surface area contributed by atoms with Gasteiger partial charge in [0.25, 0.3) is 0 Å². The van der Waals surface area contributed by atoms with Crippen LogP contribution in [-0.4, -0.2) is 5.11 Å². The fourth-order valence-electron chi connectivity index (χ4n) is 1.71. The van der Waals surface area contributed by atoms with E-state index in [-0.39, 0.29) is 6.61 Å². The lowest BCUT2D eigenvalue weighted by Crippen LogP contribution is -1.91. The first kappa shape index (κ1) is 14.0. The standard InChI is InChI=1S/C13H8Cl4O/c14-8-1-2-10(7(3-8)6-18)11-4-9(15)5-12(16)13(11)17/h1-5,18H,6H2. The molecule has 0 atom stereocenters. The number of aliphatic hydroxyl groups excluding tert-OH is 1. The summed E-state index contributed by atoms with van der Waals surface area (Å²) in [6, 6.07) is 8.46. The highest BCUT2D eigenvalue weighted by Crippen LogP contribution is 2.38. The minimum atomic E-state index is -0.143. The second-order valence-corrected chi connectivity index (χ2v) is 5.37. The number of hydrogen-bond acceptors (Lipinski definition) is 1. The van der Waals surface area contributed by atoms with E-state index in [0.717, 1.165) is 5.56 Å². The van der Waals surface area contributed by atoms with E-state index >= 15 is 0 Å². The van der Waals surface area contributed by atoms with E-state index < -0.39 is 0 Å². The van der Waals surface area contributed by atoms with Gasteiger partial charge in [-0.3, -0.25) is 0 Å². The third-order valence-corrected chi connectivity index (χ3v) is 3.78. The maximum Gasteiger partial charge on any atom is 0.0688 e. The van der Waals surface area contributed by atoms with Crippen LogP contribution in [0.3, 0.4) is 0 Å². The molecule has 0 amide bonds. The molecule has 0 spiro atoms. The molecule has 0 aromatic heterocycles. The van der Waals surface area contributed by atoms with Gasteiger partial charge in [-0.25, -0.2) is 0 Å². The molecule has 0 aliphatic heterocycles. The van der Waals surface area contributed by atoms with Gasteiger partial charge >= 0.3 is 0 Å². The maximum atomic E-state index is 9.37. The molecule has 0 aliphatic carbocycles. The van der Waals surface area contributed by atoms with Crippen molar-refractivity contribution in [2.75, 3.05) is 0 Å². The Labute approximate surface area is 125 Å². The third kappa shape index (κ3) is 2.76. The Bertz CT molecular complexity index is 596. The summed E-state index contributed by atoms with van der Waals surface area (Å²) in [5.74, 6) is 0. The Morgan fingerprint density at radius 3 is 2.22 bits per heavy atom. The maximum absolute atomic E-state index is 9.37. The van der Waals surface area contributed by atoms with Crippen LogP contribution in [0, 0.1) is 0 Å². The summed E-state index contributed by atoms with van der Waals surface area (Å²) in [6.45, 7) is -0.143. The van der Waals surface area contributed by atoms with Crippen LogP contribution in [0.4, 0.5) is 0 Å². The van der Waals surface area contributed by atoms with Gasteiger partial charge in [0, 0.05) is 15.6 Å². The van der Waals surface area contributed by atoms with Crippen molar-refractivity contribution in [3.63, 3.8) is 0 Å². The molecule has 0 aliphatic rings. The summed E-state index contributed by atoms with van der Waals surface area (Å²) < 4.78 is 0. The van der Waals surface area contributed by atoms with E-state index in [4.69, 9.17) is 46.4 Å². The van der Waals surface area contributed by atoms with Gasteiger partial charge in [-0.05, 0) is 35.4 Å². The largest absolute Gasteiger partial charge is 0.392 e. The van der Waals surface area contributed by atoms with Crippen molar-refractivity contribution in [3.8, 4) is 11.1 Å². The van der Waals surface area contributed by atoms with E-state index in [2.05, 4.69) is 0 Å². The number of hydrogen-bond donors (Lipinski definition) is 1. The zero-order valence-electron chi connectivity index (χ0n) is 9.05. The first-order valence-corrected chi connectivity index (χ1v) is 6.58. The molecule has 2 aromatic carbocycles. The fourth-order valence-corrected chi connectivity index (χ4v) is 2.61. The first-order valence-electron chi connectivity index (χ1n) is 5.07. The van der Waals surface area contributed by atoms with Crippen molar-refractivity contribution < 1.29 is 5.11 Å². The highest BCUT2D eigenvalue weighted by Gasteiger charge is 2.12. The zero-order valence-corrected chi connectivity index (χ0v) is 12.1. The molecule has 0 saturated carbocycles. The van der Waals surface area contributed by atoms with Gasteiger partial charge in [-0.15, -0.1) is 0 Å². The topological polar surface area (TPSA) is 20.2 Å². The summed E-state index contributed by atoms with van der Waals surface area (Å²) in [5.41, 5.74) is 2.11. The van der Waals surface area contributed by atoms with Crippen molar-refractivity contribution in [2.24, 2.45) is 0 Å². The summed E-state index contributed by atoms with van der Waals surface area (Å²) >= 11 is 24.0. The molecule has 1 nitrogen and oxygen atoms in total. The molecular formula is C13H8Cl4O. The molecule has 5 heteroatoms. The molecule has 0 heterocycles. The number of aliphatic hydroxyl groups is 1. The average molecular weight is 322 g/mol. The smallest absolute Gasteiger partial charge is 0.0688 e. The van der Waals surface area contributed by atoms with Crippen molar-refractivity contribution in [2.45, 2.75) is 6.61 Å². The molecule has 0 unspecified atom stereocenters. The highest BCUT2D eigenvalue weighted by molar-refractivity contribution is 6.45. The van der Waals surface area contributed by atoms with E-state index in [1.807, 2.05) is 0 Å². The van der Waals surface area contributed by atoms with E-state index in [9.17, 15) is 5.11 Å². The molecule has 0 bridgehead atoms. The van der Waals surface area contributed by atoms with Gasteiger partial charge in [-0.2, -0.15) is 0 Å². The number of benzene rings is 2. The second-order valence-electron chi connectivity index (χ2n) is 3.71. The predicted molar refractivity (Wildman–Crippen MR) is 77.8 cm³/mol. The van der Waals surface area contributed by atoms with E-state index in [0.29, 0.717) is 31.2 Å². The Balaban J connectivity index is 2.69. The molecule has 2 rings (SSSR count). The molecule has 94 valence electrons. The monoisotopic (exact) mass is 320 g/mol. The molecule has 1 N–H and O–H groups in total. The van der Waals surface area contributed by atoms with Gasteiger partial charge in [0.1, 0.15) is 0 Å². The van der Waals surface area contributed by atoms with Crippen LogP contribution in [0.15, 0.2) is 30.3 Å². The number of rotatable bonds is 2. The summed E-state index contributed by atoms with van der Waals surface area (Å²) in [5, 5.41) is 11.2. The Hall–Kier alpha value is -0.440. The van der Waals surface area contributed by atoms with Gasteiger partial charge < -0.3 is 5.11 Å². The van der Waals surface area contributed by atoms with Gasteiger partial charge in [0.05, 0.1) is 16.7 Å². The molecule has 0 saturated heterocycles. The Kier molecular flexibility index (Phi) is 4.41. The third-order valence-electron chi connectivity index (χ3n) is 2.52. The molecule has 0 radical (unpaired) electrons. The van der Waals surface area contributed by atoms with Crippen LogP contribution in [0.2, 0.25) is 20.1 Å². The van der Waals surface area contributed by atoms with Gasteiger partial charge in [-0.1, -0.05) is 52.5 Å². The molecular weight excluding hydrogens is 314 g/mol. The van der Waals surface area contributed by atoms with Crippen LogP contribution in [0.5, 0.6) is 0 Å². The van der Waals surface area contributed by atoms with E-state index in [1.54, 1.807) is 30.3 Å². The predicted octanol–water partition coefficient (Wildman–Crippen LogP) is 5.46. The Morgan fingerprint density at radius 2 is 1.56 bits per heavy atom. The fraction of sp³-hybridized carbons (Fsp3) is 0.0769. The van der Waals surface area contributed by atoms with Crippen molar-refractivity contribution >= 4 is 46.4 Å². The van der Waals surface area contributed by atoms with Crippen molar-refractivity contribution in [1.29, 1.82) is 0 Å². The summed E-state index contributed by atoms with van der Waals surface area (Å²) in [7, 11) is 0. The van der Waals surface area contributed by atoms with Crippen LogP contribution < -0.4 is 0 Å². The highest BCUT2D eigenvalue weighted by atomic mass is 35.5. The van der Waals surface area contributed by atoms with Crippen molar-refractivity contribution in [1.82, 2.24) is 0 Å². The lowest BCUT2D eigenvalue weighted by Gasteiger charge is -2.11. The molecule has 0 fully saturated rings. The average Bonchev–Trinajstić information content (AvgIpc) is 2.34. The zero-order chi connectivity index (χ0) is 13.3. The normalized spacial score (nSPS) is 10.7. The SMILES string of the molecule is OCc1cc(Cl)ccc1-c1cc(Cl)cc(Cl)c1Cl. The quantitative estimate of drug-likeness (QED) is 0.728. The van der Waals surface area contributed by atoms with E-state index in [1.165, 1.54) is 0 Å². The summed E-state index contributed by atoms with van der Waals surface area (Å²) in [4.78, 5) is 0. The minimum absolute atomic E-state index is 0.143. The number of halogens is 4. The van der Waals surface area contributed by atoms with Crippen LogP contribution in [0.1, 0.15) is 5.56 Å². The lowest BCUT2D eigenvalue weighted by molar-refractivity contribution is 0.282. The molecule has 18 heavy (non-hydrogen) atoms. The first-order chi connectivity index (χ1) is 8.52. The van der Waals surface area contributed by atoms with Gasteiger partial charge in [0.2, 0.25) is 0 Å².